The monoisotopic (exact) mass is 358 g/mol. The van der Waals surface area contributed by atoms with Gasteiger partial charge in [-0.25, -0.2) is 0 Å². The maximum absolute atomic E-state index is 13.2. The Labute approximate surface area is 151 Å². The molecule has 0 saturated carbocycles. The summed E-state index contributed by atoms with van der Waals surface area (Å²) in [5.74, 6) is -0.296. The average molecular weight is 358 g/mol. The van der Waals surface area contributed by atoms with E-state index in [1.54, 1.807) is 13.2 Å². The predicted octanol–water partition coefficient (Wildman–Crippen LogP) is 2.86. The largest absolute Gasteiger partial charge is 0.383 e. The molecule has 2 amide bonds. The lowest BCUT2D eigenvalue weighted by atomic mass is 10.0. The fraction of sp³-hybridized carbons (Fsp3) is 0.368. The van der Waals surface area contributed by atoms with Gasteiger partial charge in [0, 0.05) is 13.7 Å². The molecule has 1 saturated heterocycles. The Morgan fingerprint density at radius 2 is 2.08 bits per heavy atom. The Morgan fingerprint density at radius 1 is 1.28 bits per heavy atom. The number of rotatable bonds is 6. The van der Waals surface area contributed by atoms with Gasteiger partial charge in [0.25, 0.3) is 5.91 Å². The van der Waals surface area contributed by atoms with E-state index in [0.29, 0.717) is 18.0 Å². The highest BCUT2D eigenvalue weighted by molar-refractivity contribution is 7.12. The second-order valence-corrected chi connectivity index (χ2v) is 7.03. The Bertz CT molecular complexity index is 703. The summed E-state index contributed by atoms with van der Waals surface area (Å²) in [4.78, 5) is 28.2. The van der Waals surface area contributed by atoms with Crippen LogP contribution in [0.2, 0.25) is 0 Å². The zero-order valence-corrected chi connectivity index (χ0v) is 15.0. The minimum absolute atomic E-state index is 0.0716. The van der Waals surface area contributed by atoms with Gasteiger partial charge in [0.1, 0.15) is 6.04 Å². The Morgan fingerprint density at radius 3 is 2.76 bits per heavy atom. The first-order valence-electron chi connectivity index (χ1n) is 8.39. The summed E-state index contributed by atoms with van der Waals surface area (Å²) in [7, 11) is 1.65. The molecule has 1 aromatic heterocycles. The molecule has 1 aliphatic heterocycles. The van der Waals surface area contributed by atoms with Gasteiger partial charge in [-0.2, -0.15) is 0 Å². The third-order valence-electron chi connectivity index (χ3n) is 4.42. The standard InChI is InChI=1S/C19H22N2O3S/c1-24-13-15-9-5-11-21(15)19(23)17(14-7-3-2-4-8-14)20-18(22)16-10-6-12-25-16/h2-4,6-8,10,12,15,17H,5,9,11,13H2,1H3,(H,20,22). The van der Waals surface area contributed by atoms with Crippen LogP contribution in [0.15, 0.2) is 47.8 Å². The lowest BCUT2D eigenvalue weighted by Crippen LogP contribution is -2.46. The van der Waals surface area contributed by atoms with Crippen LogP contribution < -0.4 is 5.32 Å². The maximum atomic E-state index is 13.2. The van der Waals surface area contributed by atoms with Gasteiger partial charge >= 0.3 is 0 Å². The van der Waals surface area contributed by atoms with Crippen LogP contribution >= 0.6 is 11.3 Å². The number of carbonyl (C=O) groups excluding carboxylic acids is 2. The number of nitrogens with one attached hydrogen (secondary N) is 1. The maximum Gasteiger partial charge on any atom is 0.262 e. The fourth-order valence-corrected chi connectivity index (χ4v) is 3.83. The van der Waals surface area contributed by atoms with Gasteiger partial charge in [0.15, 0.2) is 0 Å². The molecule has 1 N–H and O–H groups in total. The van der Waals surface area contributed by atoms with Crippen LogP contribution in [-0.4, -0.2) is 43.0 Å². The minimum atomic E-state index is -0.687. The van der Waals surface area contributed by atoms with Crippen molar-refractivity contribution >= 4 is 23.2 Å². The van der Waals surface area contributed by atoms with Gasteiger partial charge in [-0.3, -0.25) is 9.59 Å². The number of likely N-dealkylation sites (tertiary alicyclic amines) is 1. The highest BCUT2D eigenvalue weighted by Crippen LogP contribution is 2.24. The minimum Gasteiger partial charge on any atom is -0.383 e. The number of thiophene rings is 1. The van der Waals surface area contributed by atoms with Gasteiger partial charge in [-0.1, -0.05) is 36.4 Å². The van der Waals surface area contributed by atoms with E-state index >= 15 is 0 Å². The zero-order valence-electron chi connectivity index (χ0n) is 14.2. The van der Waals surface area contributed by atoms with E-state index in [1.165, 1.54) is 11.3 Å². The van der Waals surface area contributed by atoms with Gasteiger partial charge in [-0.05, 0) is 29.9 Å². The van der Waals surface area contributed by atoms with E-state index in [2.05, 4.69) is 5.32 Å². The molecule has 2 unspecified atom stereocenters. The number of benzene rings is 1. The first-order chi connectivity index (χ1) is 12.2. The second kappa shape index (κ2) is 8.27. The lowest BCUT2D eigenvalue weighted by Gasteiger charge is -2.29. The summed E-state index contributed by atoms with van der Waals surface area (Å²) < 4.78 is 5.25. The number of ether oxygens (including phenoxy) is 1. The van der Waals surface area contributed by atoms with Crippen LogP contribution in [0.5, 0.6) is 0 Å². The smallest absolute Gasteiger partial charge is 0.262 e. The van der Waals surface area contributed by atoms with Crippen LogP contribution in [0, 0.1) is 0 Å². The summed E-state index contributed by atoms with van der Waals surface area (Å²) >= 11 is 1.36. The molecule has 1 aliphatic rings. The van der Waals surface area contributed by atoms with Crippen LogP contribution in [0.3, 0.4) is 0 Å². The number of hydrogen-bond acceptors (Lipinski definition) is 4. The number of methoxy groups -OCH3 is 1. The number of nitrogens with zero attached hydrogens (tertiary/aromatic N) is 1. The van der Waals surface area contributed by atoms with Gasteiger partial charge < -0.3 is 15.0 Å². The molecule has 25 heavy (non-hydrogen) atoms. The van der Waals surface area contributed by atoms with Crippen molar-refractivity contribution in [2.75, 3.05) is 20.3 Å². The van der Waals surface area contributed by atoms with Crippen molar-refractivity contribution < 1.29 is 14.3 Å². The number of carbonyl (C=O) groups is 2. The molecule has 0 aliphatic carbocycles. The Hall–Kier alpha value is -2.18. The van der Waals surface area contributed by atoms with Crippen LogP contribution in [0.4, 0.5) is 0 Å². The molecule has 1 fully saturated rings. The first kappa shape index (κ1) is 17.6. The summed E-state index contributed by atoms with van der Waals surface area (Å²) in [6.45, 7) is 1.22. The van der Waals surface area contributed by atoms with Crippen molar-refractivity contribution in [3.05, 3.63) is 58.3 Å². The Balaban J connectivity index is 1.83. The molecule has 2 aromatic rings. The van der Waals surface area contributed by atoms with Crippen LogP contribution in [0.1, 0.15) is 34.1 Å². The van der Waals surface area contributed by atoms with Crippen molar-refractivity contribution in [3.8, 4) is 0 Å². The number of amides is 2. The molecule has 2 atom stereocenters. The second-order valence-electron chi connectivity index (χ2n) is 6.08. The molecule has 132 valence electrons. The molecular weight excluding hydrogens is 336 g/mol. The zero-order chi connectivity index (χ0) is 17.6. The van der Waals surface area contributed by atoms with Crippen molar-refractivity contribution in [3.63, 3.8) is 0 Å². The highest BCUT2D eigenvalue weighted by atomic mass is 32.1. The van der Waals surface area contributed by atoms with E-state index in [9.17, 15) is 9.59 Å². The fourth-order valence-electron chi connectivity index (χ4n) is 3.20. The van der Waals surface area contributed by atoms with Gasteiger partial charge in [0.2, 0.25) is 5.91 Å². The van der Waals surface area contributed by atoms with Crippen molar-refractivity contribution in [1.29, 1.82) is 0 Å². The van der Waals surface area contributed by atoms with E-state index in [1.807, 2.05) is 46.7 Å². The van der Waals surface area contributed by atoms with Crippen molar-refractivity contribution in [2.24, 2.45) is 0 Å². The van der Waals surface area contributed by atoms with E-state index in [-0.39, 0.29) is 17.9 Å². The third kappa shape index (κ3) is 4.08. The van der Waals surface area contributed by atoms with E-state index in [4.69, 9.17) is 4.74 Å². The predicted molar refractivity (Wildman–Crippen MR) is 97.6 cm³/mol. The lowest BCUT2D eigenvalue weighted by molar-refractivity contribution is -0.135. The summed E-state index contributed by atoms with van der Waals surface area (Å²) in [6.07, 6.45) is 1.89. The van der Waals surface area contributed by atoms with Crippen molar-refractivity contribution in [2.45, 2.75) is 24.9 Å². The number of hydrogen-bond donors (Lipinski definition) is 1. The molecule has 5 nitrogen and oxygen atoms in total. The molecular formula is C19H22N2O3S. The molecule has 0 radical (unpaired) electrons. The van der Waals surface area contributed by atoms with Crippen LogP contribution in [-0.2, 0) is 9.53 Å². The van der Waals surface area contributed by atoms with Gasteiger partial charge in [-0.15, -0.1) is 11.3 Å². The molecule has 1 aromatic carbocycles. The molecule has 2 heterocycles. The average Bonchev–Trinajstić information content (AvgIpc) is 3.32. The van der Waals surface area contributed by atoms with Crippen LogP contribution in [0.25, 0.3) is 0 Å². The van der Waals surface area contributed by atoms with E-state index in [0.717, 1.165) is 18.4 Å². The normalized spacial score (nSPS) is 18.1. The third-order valence-corrected chi connectivity index (χ3v) is 5.29. The summed E-state index contributed by atoms with van der Waals surface area (Å²) in [5.41, 5.74) is 0.792. The Kier molecular flexibility index (Phi) is 5.83. The topological polar surface area (TPSA) is 58.6 Å². The highest BCUT2D eigenvalue weighted by Gasteiger charge is 2.34. The summed E-state index contributed by atoms with van der Waals surface area (Å²) in [5, 5.41) is 4.77. The van der Waals surface area contributed by atoms with Gasteiger partial charge in [0.05, 0.1) is 17.5 Å². The molecule has 6 heteroatoms. The molecule has 0 spiro atoms. The first-order valence-corrected chi connectivity index (χ1v) is 9.27. The SMILES string of the molecule is COCC1CCCN1C(=O)C(NC(=O)c1cccs1)c1ccccc1. The summed E-state index contributed by atoms with van der Waals surface area (Å²) in [6, 6.07) is 12.4. The molecule has 3 rings (SSSR count). The van der Waals surface area contributed by atoms with Crippen molar-refractivity contribution in [1.82, 2.24) is 10.2 Å². The quantitative estimate of drug-likeness (QED) is 0.864. The van der Waals surface area contributed by atoms with E-state index < -0.39 is 6.04 Å². The molecule has 0 bridgehead atoms.